The molecule has 1 aromatic carbocycles. The minimum atomic E-state index is 0.591. The van der Waals surface area contributed by atoms with Crippen LogP contribution in [0.5, 0.6) is 0 Å². The Balaban J connectivity index is 2.41. The summed E-state index contributed by atoms with van der Waals surface area (Å²) < 4.78 is 0. The van der Waals surface area contributed by atoms with Crippen LogP contribution in [0.15, 0.2) is 36.9 Å². The van der Waals surface area contributed by atoms with Crippen molar-refractivity contribution < 1.29 is 0 Å². The zero-order valence-corrected chi connectivity index (χ0v) is 10.3. The largest absolute Gasteiger partial charge is 0.371 e. The molecule has 1 aliphatic rings. The molecule has 0 saturated heterocycles. The molecule has 2 atom stereocenters. The van der Waals surface area contributed by atoms with E-state index in [0.717, 1.165) is 0 Å². The number of allylic oxidation sites excluding steroid dienone is 2. The van der Waals surface area contributed by atoms with Gasteiger partial charge in [-0.15, -0.1) is 0 Å². The quantitative estimate of drug-likeness (QED) is 0.675. The molecule has 1 heteroatoms. The fourth-order valence-corrected chi connectivity index (χ4v) is 2.36. The molecule has 2 unspecified atom stereocenters. The average Bonchev–Trinajstić information content (AvgIpc) is 2.52. The Hall–Kier alpha value is -1.50. The van der Waals surface area contributed by atoms with Crippen LogP contribution in [0.1, 0.15) is 30.9 Å². The van der Waals surface area contributed by atoms with E-state index in [1.165, 1.54) is 16.8 Å². The van der Waals surface area contributed by atoms with Crippen LogP contribution in [-0.4, -0.2) is 13.1 Å². The lowest BCUT2D eigenvalue weighted by atomic mass is 9.96. The van der Waals surface area contributed by atoms with Gasteiger partial charge in [0.15, 0.2) is 0 Å². The van der Waals surface area contributed by atoms with E-state index in [0.29, 0.717) is 12.0 Å². The third kappa shape index (κ3) is 1.67. The first-order valence-corrected chi connectivity index (χ1v) is 5.81. The van der Waals surface area contributed by atoms with E-state index >= 15 is 0 Å². The lowest BCUT2D eigenvalue weighted by Gasteiger charge is -2.20. The normalized spacial score (nSPS) is 23.8. The van der Waals surface area contributed by atoms with Crippen molar-refractivity contribution in [1.29, 1.82) is 0 Å². The monoisotopic (exact) mass is 213 g/mol. The molecule has 1 heterocycles. The highest BCUT2D eigenvalue weighted by Crippen LogP contribution is 2.39. The Morgan fingerprint density at radius 3 is 2.75 bits per heavy atom. The summed E-state index contributed by atoms with van der Waals surface area (Å²) in [5.41, 5.74) is 4.09. The van der Waals surface area contributed by atoms with Gasteiger partial charge in [0, 0.05) is 24.7 Å². The second-order valence-electron chi connectivity index (χ2n) is 4.55. The van der Waals surface area contributed by atoms with E-state index in [-0.39, 0.29) is 0 Å². The summed E-state index contributed by atoms with van der Waals surface area (Å²) in [5, 5.41) is 0. The van der Waals surface area contributed by atoms with Crippen LogP contribution < -0.4 is 4.90 Å². The van der Waals surface area contributed by atoms with Crippen LogP contribution in [-0.2, 0) is 0 Å². The fraction of sp³-hybridized carbons (Fsp3) is 0.333. The van der Waals surface area contributed by atoms with Gasteiger partial charge in [-0.25, -0.2) is 0 Å². The molecule has 0 fully saturated rings. The second-order valence-corrected chi connectivity index (χ2v) is 4.55. The third-order valence-electron chi connectivity index (χ3n) is 3.68. The SMILES string of the molecule is C=C/C=C/c1ccc2c(c1)C(C)C(C)N2C. The number of benzene rings is 1. The third-order valence-corrected chi connectivity index (χ3v) is 3.68. The molecule has 84 valence electrons. The summed E-state index contributed by atoms with van der Waals surface area (Å²) in [6.07, 6.45) is 5.89. The van der Waals surface area contributed by atoms with E-state index in [1.807, 2.05) is 12.2 Å². The van der Waals surface area contributed by atoms with Crippen LogP contribution in [0.4, 0.5) is 5.69 Å². The van der Waals surface area contributed by atoms with E-state index in [9.17, 15) is 0 Å². The zero-order valence-electron chi connectivity index (χ0n) is 10.3. The van der Waals surface area contributed by atoms with Crippen LogP contribution in [0.3, 0.4) is 0 Å². The number of nitrogens with zero attached hydrogens (tertiary/aromatic N) is 1. The molecule has 16 heavy (non-hydrogen) atoms. The van der Waals surface area contributed by atoms with Crippen LogP contribution in [0.25, 0.3) is 6.08 Å². The van der Waals surface area contributed by atoms with E-state index in [4.69, 9.17) is 0 Å². The summed E-state index contributed by atoms with van der Waals surface area (Å²) in [4.78, 5) is 2.36. The van der Waals surface area contributed by atoms with Crippen LogP contribution >= 0.6 is 0 Å². The lowest BCUT2D eigenvalue weighted by Crippen LogP contribution is -2.25. The Morgan fingerprint density at radius 1 is 1.31 bits per heavy atom. The van der Waals surface area contributed by atoms with E-state index in [1.54, 1.807) is 0 Å². The first-order valence-electron chi connectivity index (χ1n) is 5.81. The number of rotatable bonds is 2. The molecule has 0 saturated carbocycles. The maximum absolute atomic E-state index is 3.69. The van der Waals surface area contributed by atoms with Gasteiger partial charge in [0.05, 0.1) is 0 Å². The highest BCUT2D eigenvalue weighted by Gasteiger charge is 2.29. The summed E-state index contributed by atoms with van der Waals surface area (Å²) in [5.74, 6) is 0.608. The Bertz CT molecular complexity index is 431. The molecule has 2 rings (SSSR count). The predicted molar refractivity (Wildman–Crippen MR) is 72.0 cm³/mol. The Kier molecular flexibility index (Phi) is 2.86. The minimum absolute atomic E-state index is 0.591. The molecule has 0 spiro atoms. The smallest absolute Gasteiger partial charge is 0.0402 e. The lowest BCUT2D eigenvalue weighted by molar-refractivity contribution is 0.626. The topological polar surface area (TPSA) is 3.24 Å². The maximum Gasteiger partial charge on any atom is 0.0402 e. The van der Waals surface area contributed by atoms with Gasteiger partial charge in [0.2, 0.25) is 0 Å². The van der Waals surface area contributed by atoms with Gasteiger partial charge < -0.3 is 4.90 Å². The van der Waals surface area contributed by atoms with Crippen molar-refractivity contribution in [3.05, 3.63) is 48.1 Å². The number of hydrogen-bond acceptors (Lipinski definition) is 1. The van der Waals surface area contributed by atoms with Gasteiger partial charge in [-0.05, 0) is 30.2 Å². The predicted octanol–water partition coefficient (Wildman–Crippen LogP) is 3.83. The minimum Gasteiger partial charge on any atom is -0.371 e. The standard InChI is InChI=1S/C15H19N/c1-5-6-7-13-8-9-15-14(10-13)11(2)12(3)16(15)4/h5-12H,1H2,2-4H3/b7-6+. The molecule has 0 aromatic heterocycles. The van der Waals surface area contributed by atoms with Crippen molar-refractivity contribution in [2.75, 3.05) is 11.9 Å². The summed E-state index contributed by atoms with van der Waals surface area (Å²) in [7, 11) is 2.17. The second kappa shape index (κ2) is 4.17. The summed E-state index contributed by atoms with van der Waals surface area (Å²) in [6.45, 7) is 8.27. The van der Waals surface area contributed by atoms with Gasteiger partial charge in [-0.1, -0.05) is 37.8 Å². The maximum atomic E-state index is 3.69. The molecule has 0 radical (unpaired) electrons. The molecular weight excluding hydrogens is 194 g/mol. The molecule has 1 aliphatic heterocycles. The van der Waals surface area contributed by atoms with Gasteiger partial charge in [0.1, 0.15) is 0 Å². The van der Waals surface area contributed by atoms with Crippen molar-refractivity contribution in [1.82, 2.24) is 0 Å². The zero-order chi connectivity index (χ0) is 11.7. The average molecular weight is 213 g/mol. The first kappa shape index (κ1) is 11.0. The van der Waals surface area contributed by atoms with Crippen LogP contribution in [0.2, 0.25) is 0 Å². The summed E-state index contributed by atoms with van der Waals surface area (Å²) >= 11 is 0. The van der Waals surface area contributed by atoms with Gasteiger partial charge >= 0.3 is 0 Å². The number of hydrogen-bond donors (Lipinski definition) is 0. The van der Waals surface area contributed by atoms with E-state index < -0.39 is 0 Å². The van der Waals surface area contributed by atoms with Crippen molar-refractivity contribution in [2.24, 2.45) is 0 Å². The Labute approximate surface area is 98.1 Å². The highest BCUT2D eigenvalue weighted by atomic mass is 15.2. The van der Waals surface area contributed by atoms with Crippen molar-refractivity contribution in [2.45, 2.75) is 25.8 Å². The molecule has 0 N–H and O–H groups in total. The van der Waals surface area contributed by atoms with Gasteiger partial charge in [-0.3, -0.25) is 0 Å². The number of likely N-dealkylation sites (N-methyl/N-ethyl adjacent to an activating group) is 1. The Morgan fingerprint density at radius 2 is 2.06 bits per heavy atom. The number of anilines is 1. The molecular formula is C15H19N. The van der Waals surface area contributed by atoms with E-state index in [2.05, 4.69) is 56.6 Å². The first-order chi connectivity index (χ1) is 7.65. The van der Waals surface area contributed by atoms with Gasteiger partial charge in [-0.2, -0.15) is 0 Å². The van der Waals surface area contributed by atoms with Crippen molar-refractivity contribution in [3.63, 3.8) is 0 Å². The van der Waals surface area contributed by atoms with Crippen LogP contribution in [0, 0.1) is 0 Å². The molecule has 1 nitrogen and oxygen atoms in total. The fourth-order valence-electron chi connectivity index (χ4n) is 2.36. The molecule has 0 amide bonds. The molecule has 0 aliphatic carbocycles. The molecule has 1 aromatic rings. The summed E-state index contributed by atoms with van der Waals surface area (Å²) in [6, 6.07) is 7.27. The van der Waals surface area contributed by atoms with Gasteiger partial charge in [0.25, 0.3) is 0 Å². The number of fused-ring (bicyclic) bond motifs is 1. The highest BCUT2D eigenvalue weighted by molar-refractivity contribution is 5.66. The van der Waals surface area contributed by atoms with Crippen molar-refractivity contribution >= 4 is 11.8 Å². The molecule has 0 bridgehead atoms. The van der Waals surface area contributed by atoms with Crippen molar-refractivity contribution in [3.8, 4) is 0 Å².